The zero-order valence-corrected chi connectivity index (χ0v) is 9.57. The minimum absolute atomic E-state index is 0.186. The number of hydrogen-bond donors (Lipinski definition) is 2. The topological polar surface area (TPSA) is 55.1 Å². The van der Waals surface area contributed by atoms with Gasteiger partial charge in [-0.25, -0.2) is 0 Å². The van der Waals surface area contributed by atoms with Gasteiger partial charge in [0.1, 0.15) is 0 Å². The summed E-state index contributed by atoms with van der Waals surface area (Å²) in [5.74, 6) is 0.999. The molecule has 1 aromatic carbocycles. The van der Waals surface area contributed by atoms with Crippen LogP contribution in [-0.4, -0.2) is 5.91 Å². The Morgan fingerprint density at radius 2 is 2.19 bits per heavy atom. The fraction of sp³-hybridized carbons (Fsp3) is 0.462. The Labute approximate surface area is 96.0 Å². The van der Waals surface area contributed by atoms with E-state index >= 15 is 0 Å². The van der Waals surface area contributed by atoms with Crippen molar-refractivity contribution in [2.45, 2.75) is 26.4 Å². The van der Waals surface area contributed by atoms with Crippen LogP contribution in [0, 0.1) is 11.8 Å². The second kappa shape index (κ2) is 4.66. The van der Waals surface area contributed by atoms with Gasteiger partial charge >= 0.3 is 0 Å². The molecule has 0 aliphatic heterocycles. The van der Waals surface area contributed by atoms with E-state index in [0.29, 0.717) is 19.0 Å². The largest absolute Gasteiger partial charge is 0.352 e. The summed E-state index contributed by atoms with van der Waals surface area (Å²) >= 11 is 0. The third kappa shape index (κ3) is 2.61. The van der Waals surface area contributed by atoms with Crippen molar-refractivity contribution in [2.75, 3.05) is 0 Å². The monoisotopic (exact) mass is 218 g/mol. The number of carbonyl (C=O) groups is 1. The van der Waals surface area contributed by atoms with E-state index in [4.69, 9.17) is 5.73 Å². The van der Waals surface area contributed by atoms with Crippen molar-refractivity contribution in [3.8, 4) is 0 Å². The maximum absolute atomic E-state index is 11.6. The Kier molecular flexibility index (Phi) is 3.25. The summed E-state index contributed by atoms with van der Waals surface area (Å²) in [4.78, 5) is 11.6. The second-order valence-electron chi connectivity index (χ2n) is 4.56. The van der Waals surface area contributed by atoms with Gasteiger partial charge in [-0.1, -0.05) is 31.2 Å². The molecule has 2 atom stereocenters. The average molecular weight is 218 g/mol. The third-order valence-corrected chi connectivity index (χ3v) is 3.14. The molecule has 16 heavy (non-hydrogen) atoms. The molecular weight excluding hydrogens is 200 g/mol. The fourth-order valence-electron chi connectivity index (χ4n) is 1.87. The molecule has 0 heterocycles. The first kappa shape index (κ1) is 11.1. The number of benzene rings is 1. The summed E-state index contributed by atoms with van der Waals surface area (Å²) in [7, 11) is 0. The summed E-state index contributed by atoms with van der Waals surface area (Å²) in [6.07, 6.45) is 1.04. The molecule has 1 amide bonds. The third-order valence-electron chi connectivity index (χ3n) is 3.14. The lowest BCUT2D eigenvalue weighted by Gasteiger charge is -2.06. The van der Waals surface area contributed by atoms with Gasteiger partial charge in [-0.2, -0.15) is 0 Å². The molecule has 0 spiro atoms. The van der Waals surface area contributed by atoms with Gasteiger partial charge < -0.3 is 11.1 Å². The molecule has 3 N–H and O–H groups in total. The molecule has 1 fully saturated rings. The molecule has 1 aliphatic carbocycles. The van der Waals surface area contributed by atoms with Crippen LogP contribution in [0.3, 0.4) is 0 Å². The summed E-state index contributed by atoms with van der Waals surface area (Å²) in [5, 5.41) is 2.96. The van der Waals surface area contributed by atoms with Gasteiger partial charge in [-0.05, 0) is 23.5 Å². The first-order valence-corrected chi connectivity index (χ1v) is 5.76. The van der Waals surface area contributed by atoms with Crippen molar-refractivity contribution in [3.63, 3.8) is 0 Å². The lowest BCUT2D eigenvalue weighted by Crippen LogP contribution is -2.24. The van der Waals surface area contributed by atoms with Crippen LogP contribution in [0.1, 0.15) is 24.5 Å². The number of hydrogen-bond acceptors (Lipinski definition) is 2. The van der Waals surface area contributed by atoms with Gasteiger partial charge in [0.2, 0.25) is 5.91 Å². The Balaban J connectivity index is 1.86. The first-order valence-electron chi connectivity index (χ1n) is 5.76. The molecule has 86 valence electrons. The molecule has 0 bridgehead atoms. The van der Waals surface area contributed by atoms with Crippen molar-refractivity contribution in [2.24, 2.45) is 17.6 Å². The molecule has 3 heteroatoms. The number of rotatable bonds is 4. The van der Waals surface area contributed by atoms with Crippen molar-refractivity contribution in [1.82, 2.24) is 5.32 Å². The van der Waals surface area contributed by atoms with Crippen LogP contribution >= 0.6 is 0 Å². The van der Waals surface area contributed by atoms with Gasteiger partial charge in [0, 0.05) is 19.0 Å². The highest BCUT2D eigenvalue weighted by molar-refractivity contribution is 5.81. The maximum atomic E-state index is 11.6. The van der Waals surface area contributed by atoms with E-state index < -0.39 is 0 Å². The number of amides is 1. The standard InChI is InChI=1S/C13H18N2O/c1-9-5-12(9)13(16)15-8-11-4-2-3-10(6-11)7-14/h2-4,6,9,12H,5,7-8,14H2,1H3,(H,15,16). The lowest BCUT2D eigenvalue weighted by molar-refractivity contribution is -0.122. The van der Waals surface area contributed by atoms with E-state index in [-0.39, 0.29) is 11.8 Å². The van der Waals surface area contributed by atoms with E-state index in [1.165, 1.54) is 0 Å². The fourth-order valence-corrected chi connectivity index (χ4v) is 1.87. The molecule has 1 aliphatic rings. The molecule has 2 rings (SSSR count). The van der Waals surface area contributed by atoms with Crippen molar-refractivity contribution >= 4 is 5.91 Å². The predicted molar refractivity (Wildman–Crippen MR) is 63.5 cm³/mol. The molecule has 2 unspecified atom stereocenters. The van der Waals surface area contributed by atoms with E-state index in [1.54, 1.807) is 0 Å². The number of carbonyl (C=O) groups excluding carboxylic acids is 1. The van der Waals surface area contributed by atoms with Crippen molar-refractivity contribution in [3.05, 3.63) is 35.4 Å². The average Bonchev–Trinajstić information content (AvgIpc) is 3.04. The summed E-state index contributed by atoms with van der Waals surface area (Å²) in [5.41, 5.74) is 7.78. The van der Waals surface area contributed by atoms with E-state index in [9.17, 15) is 4.79 Å². The molecular formula is C13H18N2O. The van der Waals surface area contributed by atoms with Gasteiger partial charge in [-0.15, -0.1) is 0 Å². The second-order valence-corrected chi connectivity index (χ2v) is 4.56. The number of nitrogens with one attached hydrogen (secondary N) is 1. The Bertz CT molecular complexity index is 389. The molecule has 0 radical (unpaired) electrons. The normalized spacial score (nSPS) is 22.9. The highest BCUT2D eigenvalue weighted by atomic mass is 16.2. The lowest BCUT2D eigenvalue weighted by atomic mass is 10.1. The minimum atomic E-state index is 0.186. The van der Waals surface area contributed by atoms with Gasteiger partial charge in [-0.3, -0.25) is 4.79 Å². The molecule has 0 saturated heterocycles. The Morgan fingerprint density at radius 1 is 1.50 bits per heavy atom. The highest BCUT2D eigenvalue weighted by Crippen LogP contribution is 2.37. The van der Waals surface area contributed by atoms with Crippen LogP contribution in [-0.2, 0) is 17.9 Å². The summed E-state index contributed by atoms with van der Waals surface area (Å²) in [6, 6.07) is 8.02. The molecule has 1 aromatic rings. The summed E-state index contributed by atoms with van der Waals surface area (Å²) < 4.78 is 0. The van der Waals surface area contributed by atoms with Crippen LogP contribution in [0.5, 0.6) is 0 Å². The van der Waals surface area contributed by atoms with Crippen LogP contribution in [0.4, 0.5) is 0 Å². The maximum Gasteiger partial charge on any atom is 0.223 e. The van der Waals surface area contributed by atoms with Crippen molar-refractivity contribution in [1.29, 1.82) is 0 Å². The summed E-state index contributed by atoms with van der Waals surface area (Å²) in [6.45, 7) is 3.26. The minimum Gasteiger partial charge on any atom is -0.352 e. The van der Waals surface area contributed by atoms with Crippen LogP contribution in [0.15, 0.2) is 24.3 Å². The van der Waals surface area contributed by atoms with Crippen molar-refractivity contribution < 1.29 is 4.79 Å². The Hall–Kier alpha value is -1.35. The molecule has 0 aromatic heterocycles. The predicted octanol–water partition coefficient (Wildman–Crippen LogP) is 1.42. The van der Waals surface area contributed by atoms with Gasteiger partial charge in [0.15, 0.2) is 0 Å². The number of nitrogens with two attached hydrogens (primary N) is 1. The quantitative estimate of drug-likeness (QED) is 0.803. The van der Waals surface area contributed by atoms with E-state index in [2.05, 4.69) is 12.2 Å². The molecule has 3 nitrogen and oxygen atoms in total. The van der Waals surface area contributed by atoms with Crippen LogP contribution in [0.2, 0.25) is 0 Å². The molecule has 1 saturated carbocycles. The SMILES string of the molecule is CC1CC1C(=O)NCc1cccc(CN)c1. The van der Waals surface area contributed by atoms with Gasteiger partial charge in [0.25, 0.3) is 0 Å². The zero-order chi connectivity index (χ0) is 11.5. The first-order chi connectivity index (χ1) is 7.70. The highest BCUT2D eigenvalue weighted by Gasteiger charge is 2.38. The zero-order valence-electron chi connectivity index (χ0n) is 9.57. The van der Waals surface area contributed by atoms with Crippen LogP contribution < -0.4 is 11.1 Å². The van der Waals surface area contributed by atoms with Crippen LogP contribution in [0.25, 0.3) is 0 Å². The smallest absolute Gasteiger partial charge is 0.223 e. The van der Waals surface area contributed by atoms with Gasteiger partial charge in [0.05, 0.1) is 0 Å². The van der Waals surface area contributed by atoms with E-state index in [0.717, 1.165) is 17.5 Å². The van der Waals surface area contributed by atoms with E-state index in [1.807, 2.05) is 24.3 Å². The Morgan fingerprint density at radius 3 is 2.81 bits per heavy atom.